The number of unbranched alkanes of at least 4 members (excludes halogenated alkanes) is 4. The van der Waals surface area contributed by atoms with Crippen LogP contribution in [0, 0.1) is 0 Å². The maximum atomic E-state index is 4.79. The van der Waals surface area contributed by atoms with E-state index in [2.05, 4.69) is 59.9 Å². The zero-order valence-electron chi connectivity index (χ0n) is 15.6. The Morgan fingerprint density at radius 2 is 1.65 bits per heavy atom. The van der Waals surface area contributed by atoms with Crippen molar-refractivity contribution < 1.29 is 0 Å². The molecule has 26 heavy (non-hydrogen) atoms. The number of fused-ring (bicyclic) bond motifs is 1. The van der Waals surface area contributed by atoms with Crippen molar-refractivity contribution in [2.75, 3.05) is 13.6 Å². The van der Waals surface area contributed by atoms with Gasteiger partial charge in [-0.25, -0.2) is 0 Å². The Kier molecular flexibility index (Phi) is 7.53. The number of aromatic nitrogens is 1. The van der Waals surface area contributed by atoms with Gasteiger partial charge in [-0.05, 0) is 56.6 Å². The molecule has 2 aromatic carbocycles. The summed E-state index contributed by atoms with van der Waals surface area (Å²) < 4.78 is 0. The van der Waals surface area contributed by atoms with E-state index in [0.717, 1.165) is 13.0 Å². The van der Waals surface area contributed by atoms with Crippen LogP contribution in [0.1, 0.15) is 37.7 Å². The fourth-order valence-electron chi connectivity index (χ4n) is 3.23. The average Bonchev–Trinajstić information content (AvgIpc) is 2.68. The minimum absolute atomic E-state index is 1.13. The van der Waals surface area contributed by atoms with Crippen molar-refractivity contribution in [1.82, 2.24) is 10.3 Å². The van der Waals surface area contributed by atoms with E-state index >= 15 is 0 Å². The van der Waals surface area contributed by atoms with E-state index in [1.807, 2.05) is 13.2 Å². The van der Waals surface area contributed by atoms with Crippen LogP contribution in [0.2, 0.25) is 0 Å². The lowest BCUT2D eigenvalue weighted by molar-refractivity contribution is 0.597. The molecule has 0 bridgehead atoms. The van der Waals surface area contributed by atoms with Crippen molar-refractivity contribution in [1.29, 1.82) is 0 Å². The van der Waals surface area contributed by atoms with Crippen LogP contribution in [0.15, 0.2) is 70.6 Å². The minimum atomic E-state index is 1.13. The predicted molar refractivity (Wildman–Crippen MR) is 113 cm³/mol. The highest BCUT2D eigenvalue weighted by molar-refractivity contribution is 7.99. The van der Waals surface area contributed by atoms with E-state index in [4.69, 9.17) is 4.98 Å². The molecule has 0 saturated heterocycles. The maximum Gasteiger partial charge on any atom is 0.0734 e. The Bertz CT molecular complexity index is 802. The van der Waals surface area contributed by atoms with Crippen LogP contribution in [-0.2, 0) is 6.42 Å². The third-order valence-electron chi connectivity index (χ3n) is 4.62. The van der Waals surface area contributed by atoms with Crippen LogP contribution in [0.3, 0.4) is 0 Å². The van der Waals surface area contributed by atoms with Crippen molar-refractivity contribution >= 4 is 22.7 Å². The molecular weight excluding hydrogens is 336 g/mol. The van der Waals surface area contributed by atoms with Crippen molar-refractivity contribution in [2.45, 2.75) is 48.3 Å². The monoisotopic (exact) mass is 364 g/mol. The first-order chi connectivity index (χ1) is 12.9. The standard InChI is InChI=1S/C23H28N2S/c1-24-16-9-4-2-3-6-11-19-12-10-13-20-17-22(18-25-23(19)20)26-21-14-7-5-8-15-21/h5,7-8,10,12-15,17-18,24H,2-4,6,9,11,16H2,1H3. The minimum Gasteiger partial charge on any atom is -0.320 e. The van der Waals surface area contributed by atoms with Crippen LogP contribution in [0.4, 0.5) is 0 Å². The van der Waals surface area contributed by atoms with E-state index < -0.39 is 0 Å². The van der Waals surface area contributed by atoms with E-state index in [-0.39, 0.29) is 0 Å². The molecule has 0 amide bonds. The van der Waals surface area contributed by atoms with Gasteiger partial charge in [-0.1, -0.05) is 67.4 Å². The molecule has 0 saturated carbocycles. The lowest BCUT2D eigenvalue weighted by Gasteiger charge is -2.08. The van der Waals surface area contributed by atoms with Crippen molar-refractivity contribution in [3.63, 3.8) is 0 Å². The highest BCUT2D eigenvalue weighted by Crippen LogP contribution is 2.29. The van der Waals surface area contributed by atoms with Gasteiger partial charge in [0.05, 0.1) is 5.52 Å². The summed E-state index contributed by atoms with van der Waals surface area (Å²) in [5, 5.41) is 4.46. The van der Waals surface area contributed by atoms with Gasteiger partial charge in [0, 0.05) is 21.4 Å². The lowest BCUT2D eigenvalue weighted by Crippen LogP contribution is -2.06. The summed E-state index contributed by atoms with van der Waals surface area (Å²) in [5.74, 6) is 0. The van der Waals surface area contributed by atoms with Crippen LogP contribution in [-0.4, -0.2) is 18.6 Å². The largest absolute Gasteiger partial charge is 0.320 e. The second-order valence-electron chi connectivity index (χ2n) is 6.70. The molecule has 3 heteroatoms. The Hall–Kier alpha value is -1.84. The van der Waals surface area contributed by atoms with Gasteiger partial charge in [0.2, 0.25) is 0 Å². The molecule has 1 aromatic heterocycles. The highest BCUT2D eigenvalue weighted by atomic mass is 32.2. The molecule has 0 fully saturated rings. The number of pyridine rings is 1. The zero-order chi connectivity index (χ0) is 18.0. The van der Waals surface area contributed by atoms with Gasteiger partial charge in [0.25, 0.3) is 0 Å². The summed E-state index contributed by atoms with van der Waals surface area (Å²) in [6, 6.07) is 19.3. The number of hydrogen-bond acceptors (Lipinski definition) is 3. The SMILES string of the molecule is CNCCCCCCCc1cccc2cc(Sc3ccccc3)cnc12. The molecule has 0 aliphatic heterocycles. The number of rotatable bonds is 10. The first-order valence-corrected chi connectivity index (χ1v) is 10.4. The molecule has 0 unspecified atom stereocenters. The fraction of sp³-hybridized carbons (Fsp3) is 0.348. The number of hydrogen-bond donors (Lipinski definition) is 1. The topological polar surface area (TPSA) is 24.9 Å². The van der Waals surface area contributed by atoms with Crippen molar-refractivity contribution in [2.24, 2.45) is 0 Å². The van der Waals surface area contributed by atoms with Gasteiger partial charge in [-0.15, -0.1) is 0 Å². The quantitative estimate of drug-likeness (QED) is 0.440. The summed E-state index contributed by atoms with van der Waals surface area (Å²) >= 11 is 1.77. The molecule has 0 radical (unpaired) electrons. The predicted octanol–water partition coefficient (Wildman–Crippen LogP) is 6.10. The van der Waals surface area contributed by atoms with Crippen molar-refractivity contribution in [3.8, 4) is 0 Å². The molecule has 1 N–H and O–H groups in total. The van der Waals surface area contributed by atoms with Gasteiger partial charge in [0.15, 0.2) is 0 Å². The second-order valence-corrected chi connectivity index (χ2v) is 7.84. The number of nitrogens with one attached hydrogen (secondary N) is 1. The number of para-hydroxylation sites is 1. The van der Waals surface area contributed by atoms with Crippen LogP contribution in [0.25, 0.3) is 10.9 Å². The summed E-state index contributed by atoms with van der Waals surface area (Å²) in [5.41, 5.74) is 2.55. The smallest absolute Gasteiger partial charge is 0.0734 e. The van der Waals surface area contributed by atoms with Crippen LogP contribution in [0.5, 0.6) is 0 Å². The Balaban J connectivity index is 1.59. The van der Waals surface area contributed by atoms with E-state index in [1.54, 1.807) is 11.8 Å². The summed E-state index contributed by atoms with van der Waals surface area (Å²) in [4.78, 5) is 7.24. The molecule has 2 nitrogen and oxygen atoms in total. The lowest BCUT2D eigenvalue weighted by atomic mass is 10.0. The first kappa shape index (κ1) is 18.9. The van der Waals surface area contributed by atoms with Gasteiger partial charge >= 0.3 is 0 Å². The zero-order valence-corrected chi connectivity index (χ0v) is 16.4. The molecule has 136 valence electrons. The van der Waals surface area contributed by atoms with Crippen molar-refractivity contribution in [3.05, 3.63) is 66.4 Å². The maximum absolute atomic E-state index is 4.79. The molecule has 1 heterocycles. The van der Waals surface area contributed by atoms with Gasteiger partial charge in [0.1, 0.15) is 0 Å². The Labute approximate surface area is 161 Å². The highest BCUT2D eigenvalue weighted by Gasteiger charge is 2.05. The average molecular weight is 365 g/mol. The first-order valence-electron chi connectivity index (χ1n) is 9.62. The third-order valence-corrected chi connectivity index (χ3v) is 5.59. The molecule has 0 aliphatic carbocycles. The molecule has 0 spiro atoms. The van der Waals surface area contributed by atoms with Gasteiger partial charge in [-0.3, -0.25) is 4.98 Å². The third kappa shape index (κ3) is 5.58. The number of nitrogens with zero attached hydrogens (tertiary/aromatic N) is 1. The summed E-state index contributed by atoms with van der Waals surface area (Å²) in [6.45, 7) is 1.14. The number of aryl methyl sites for hydroxylation is 1. The molecule has 3 rings (SSSR count). The Morgan fingerprint density at radius 3 is 2.50 bits per heavy atom. The van der Waals surface area contributed by atoms with E-state index in [9.17, 15) is 0 Å². The second kappa shape index (κ2) is 10.3. The molecule has 3 aromatic rings. The number of benzene rings is 2. The summed E-state index contributed by atoms with van der Waals surface area (Å²) in [7, 11) is 2.03. The van der Waals surface area contributed by atoms with Crippen LogP contribution < -0.4 is 5.32 Å². The van der Waals surface area contributed by atoms with E-state index in [0.29, 0.717) is 0 Å². The van der Waals surface area contributed by atoms with Gasteiger partial charge in [-0.2, -0.15) is 0 Å². The Morgan fingerprint density at radius 1 is 0.846 bits per heavy atom. The molecule has 0 atom stereocenters. The van der Waals surface area contributed by atoms with E-state index in [1.165, 1.54) is 58.4 Å². The van der Waals surface area contributed by atoms with Crippen LogP contribution >= 0.6 is 11.8 Å². The fourth-order valence-corrected chi connectivity index (χ4v) is 4.09. The molecule has 0 aliphatic rings. The van der Waals surface area contributed by atoms with Gasteiger partial charge < -0.3 is 5.32 Å². The normalized spacial score (nSPS) is 11.1. The molecular formula is C23H28N2S. The summed E-state index contributed by atoms with van der Waals surface area (Å²) in [6.07, 6.45) is 9.65.